The van der Waals surface area contributed by atoms with Crippen molar-refractivity contribution >= 4 is 60.7 Å². The average molecular weight is 406 g/mol. The third-order valence-corrected chi connectivity index (χ3v) is 5.08. The number of nitrogens with two attached hydrogens (primary N) is 1. The Morgan fingerprint density at radius 2 is 1.95 bits per heavy atom. The van der Waals surface area contributed by atoms with Crippen molar-refractivity contribution in [3.8, 4) is 0 Å². The zero-order valence-corrected chi connectivity index (χ0v) is 14.2. The van der Waals surface area contributed by atoms with Gasteiger partial charge >= 0.3 is 0 Å². The molecule has 2 rings (SSSR count). The first-order valence-corrected chi connectivity index (χ1v) is 8.01. The Kier molecular flexibility index (Phi) is 4.63. The first-order chi connectivity index (χ1) is 8.95. The molecule has 3 nitrogen and oxygen atoms in total. The van der Waals surface area contributed by atoms with E-state index >= 15 is 0 Å². The van der Waals surface area contributed by atoms with Crippen LogP contribution in [0.3, 0.4) is 0 Å². The van der Waals surface area contributed by atoms with Crippen molar-refractivity contribution in [2.75, 3.05) is 5.32 Å². The molecule has 0 heterocycles. The zero-order valence-electron chi connectivity index (χ0n) is 10.2. The first kappa shape index (κ1) is 14.9. The molecule has 102 valence electrons. The number of hydrogen-bond donors (Lipinski definition) is 2. The maximum absolute atomic E-state index is 12.5. The predicted molar refractivity (Wildman–Crippen MR) is 88.2 cm³/mol. The quantitative estimate of drug-likeness (QED) is 0.747. The van der Waals surface area contributed by atoms with Gasteiger partial charge in [-0.25, -0.2) is 0 Å². The minimum Gasteiger partial charge on any atom is -0.392 e. The van der Waals surface area contributed by atoms with E-state index in [1.807, 2.05) is 18.2 Å². The van der Waals surface area contributed by atoms with E-state index in [9.17, 15) is 4.79 Å². The molecule has 1 fully saturated rings. The molecule has 6 heteroatoms. The molecule has 19 heavy (non-hydrogen) atoms. The van der Waals surface area contributed by atoms with E-state index in [0.717, 1.165) is 40.3 Å². The minimum absolute atomic E-state index is 0.0967. The van der Waals surface area contributed by atoms with Gasteiger partial charge in [0.25, 0.3) is 0 Å². The Morgan fingerprint density at radius 3 is 2.47 bits per heavy atom. The summed E-state index contributed by atoms with van der Waals surface area (Å²) in [5.41, 5.74) is 5.85. The lowest BCUT2D eigenvalue weighted by atomic mass is 9.85. The fourth-order valence-electron chi connectivity index (χ4n) is 2.40. The highest BCUT2D eigenvalue weighted by Crippen LogP contribution is 2.40. The molecular weight excluding hydrogens is 392 g/mol. The molecule has 1 aromatic rings. The van der Waals surface area contributed by atoms with Crippen LogP contribution >= 0.6 is 44.1 Å². The number of halogens is 2. The summed E-state index contributed by atoms with van der Waals surface area (Å²) in [5, 5.41) is 2.93. The Balaban J connectivity index is 2.22. The van der Waals surface area contributed by atoms with Gasteiger partial charge < -0.3 is 11.1 Å². The van der Waals surface area contributed by atoms with E-state index in [4.69, 9.17) is 18.0 Å². The standard InChI is InChI=1S/C13H14Br2N2OS/c14-8-3-4-10(9(15)7-8)17-12(18)13(11(16)19)5-1-2-6-13/h3-4,7H,1-2,5-6H2,(H2,16,19)(H,17,18). The summed E-state index contributed by atoms with van der Waals surface area (Å²) in [6.07, 6.45) is 3.46. The third kappa shape index (κ3) is 3.01. The molecule has 3 N–H and O–H groups in total. The lowest BCUT2D eigenvalue weighted by Crippen LogP contribution is -2.44. The third-order valence-electron chi connectivity index (χ3n) is 3.54. The second-order valence-electron chi connectivity index (χ2n) is 4.73. The highest BCUT2D eigenvalue weighted by molar-refractivity contribution is 9.11. The maximum atomic E-state index is 12.5. The van der Waals surface area contributed by atoms with E-state index in [1.165, 1.54) is 0 Å². The number of anilines is 1. The van der Waals surface area contributed by atoms with Crippen LogP contribution in [-0.4, -0.2) is 10.9 Å². The van der Waals surface area contributed by atoms with Gasteiger partial charge in [0.15, 0.2) is 0 Å². The number of thiocarbonyl (C=S) groups is 1. The van der Waals surface area contributed by atoms with Crippen LogP contribution < -0.4 is 11.1 Å². The number of carbonyl (C=O) groups is 1. The molecule has 0 spiro atoms. The predicted octanol–water partition coefficient (Wildman–Crippen LogP) is 4.00. The van der Waals surface area contributed by atoms with Crippen molar-refractivity contribution in [3.63, 3.8) is 0 Å². The highest BCUT2D eigenvalue weighted by Gasteiger charge is 2.44. The summed E-state index contributed by atoms with van der Waals surface area (Å²) < 4.78 is 1.77. The second kappa shape index (κ2) is 5.89. The van der Waals surface area contributed by atoms with E-state index in [0.29, 0.717) is 4.99 Å². The Hall–Kier alpha value is -0.460. The van der Waals surface area contributed by atoms with E-state index < -0.39 is 5.41 Å². The Morgan fingerprint density at radius 1 is 1.32 bits per heavy atom. The van der Waals surface area contributed by atoms with Gasteiger partial charge in [0.1, 0.15) is 0 Å². The number of hydrogen-bond acceptors (Lipinski definition) is 2. The van der Waals surface area contributed by atoms with Crippen LogP contribution in [0.2, 0.25) is 0 Å². The molecule has 1 saturated carbocycles. The summed E-state index contributed by atoms with van der Waals surface area (Å²) >= 11 is 11.9. The summed E-state index contributed by atoms with van der Waals surface area (Å²) in [6, 6.07) is 5.61. The lowest BCUT2D eigenvalue weighted by Gasteiger charge is -2.26. The monoisotopic (exact) mass is 404 g/mol. The lowest BCUT2D eigenvalue weighted by molar-refractivity contribution is -0.122. The second-order valence-corrected chi connectivity index (χ2v) is 6.94. The van der Waals surface area contributed by atoms with Crippen molar-refractivity contribution in [1.29, 1.82) is 0 Å². The topological polar surface area (TPSA) is 55.1 Å². The van der Waals surface area contributed by atoms with Crippen molar-refractivity contribution in [2.24, 2.45) is 11.1 Å². The molecule has 0 bridgehead atoms. The Labute approximate surface area is 134 Å². The van der Waals surface area contributed by atoms with Crippen LogP contribution in [0.15, 0.2) is 27.1 Å². The van der Waals surface area contributed by atoms with Crippen LogP contribution in [0, 0.1) is 5.41 Å². The molecule has 0 saturated heterocycles. The molecule has 0 atom stereocenters. The summed E-state index contributed by atoms with van der Waals surface area (Å²) in [7, 11) is 0. The van der Waals surface area contributed by atoms with Crippen LogP contribution in [0.5, 0.6) is 0 Å². The minimum atomic E-state index is -0.679. The van der Waals surface area contributed by atoms with Gasteiger partial charge in [0, 0.05) is 8.95 Å². The van der Waals surface area contributed by atoms with Gasteiger partial charge in [-0.1, -0.05) is 41.0 Å². The van der Waals surface area contributed by atoms with E-state index in [-0.39, 0.29) is 5.91 Å². The van der Waals surface area contributed by atoms with Gasteiger partial charge in [-0.2, -0.15) is 0 Å². The number of carbonyl (C=O) groups excluding carboxylic acids is 1. The van der Waals surface area contributed by atoms with Crippen LogP contribution in [0.1, 0.15) is 25.7 Å². The van der Waals surface area contributed by atoms with Gasteiger partial charge in [-0.05, 0) is 47.0 Å². The van der Waals surface area contributed by atoms with Crippen LogP contribution in [0.4, 0.5) is 5.69 Å². The van der Waals surface area contributed by atoms with Crippen molar-refractivity contribution in [3.05, 3.63) is 27.1 Å². The fourth-order valence-corrected chi connectivity index (χ4v) is 3.84. The largest absolute Gasteiger partial charge is 0.392 e. The fraction of sp³-hybridized carbons (Fsp3) is 0.385. The molecule has 0 radical (unpaired) electrons. The highest BCUT2D eigenvalue weighted by atomic mass is 79.9. The van der Waals surface area contributed by atoms with Gasteiger partial charge in [-0.15, -0.1) is 0 Å². The molecular formula is C13H14Br2N2OS. The normalized spacial score (nSPS) is 17.2. The van der Waals surface area contributed by atoms with Crippen LogP contribution in [-0.2, 0) is 4.79 Å². The van der Waals surface area contributed by atoms with Gasteiger partial charge in [-0.3, -0.25) is 4.79 Å². The molecule has 0 unspecified atom stereocenters. The molecule has 1 aliphatic carbocycles. The zero-order chi connectivity index (χ0) is 14.0. The molecule has 1 amide bonds. The Bertz CT molecular complexity index is 527. The van der Waals surface area contributed by atoms with Gasteiger partial charge in [0.2, 0.25) is 5.91 Å². The number of benzene rings is 1. The number of rotatable bonds is 3. The smallest absolute Gasteiger partial charge is 0.237 e. The first-order valence-electron chi connectivity index (χ1n) is 6.02. The number of amides is 1. The molecule has 1 aliphatic rings. The molecule has 1 aromatic carbocycles. The number of nitrogens with one attached hydrogen (secondary N) is 1. The summed E-state index contributed by atoms with van der Waals surface area (Å²) in [5.74, 6) is -0.0967. The average Bonchev–Trinajstić information content (AvgIpc) is 2.83. The van der Waals surface area contributed by atoms with Gasteiger partial charge in [0.05, 0.1) is 16.1 Å². The summed E-state index contributed by atoms with van der Waals surface area (Å²) in [6.45, 7) is 0. The van der Waals surface area contributed by atoms with E-state index in [1.54, 1.807) is 0 Å². The van der Waals surface area contributed by atoms with Crippen molar-refractivity contribution in [2.45, 2.75) is 25.7 Å². The van der Waals surface area contributed by atoms with Crippen LogP contribution in [0.25, 0.3) is 0 Å². The maximum Gasteiger partial charge on any atom is 0.237 e. The van der Waals surface area contributed by atoms with Crippen molar-refractivity contribution in [1.82, 2.24) is 0 Å². The van der Waals surface area contributed by atoms with Crippen molar-refractivity contribution < 1.29 is 4.79 Å². The molecule has 0 aromatic heterocycles. The summed E-state index contributed by atoms with van der Waals surface area (Å²) in [4.78, 5) is 12.8. The SMILES string of the molecule is NC(=S)C1(C(=O)Nc2ccc(Br)cc2Br)CCCC1. The van der Waals surface area contributed by atoms with E-state index in [2.05, 4.69) is 37.2 Å². The molecule has 0 aliphatic heterocycles.